The third-order valence-corrected chi connectivity index (χ3v) is 6.98. The quantitative estimate of drug-likeness (QED) is 0.665. The Kier molecular flexibility index (Phi) is 4.62. The smallest absolute Gasteiger partial charge is 0.273 e. The van der Waals surface area contributed by atoms with Crippen LogP contribution in [0.3, 0.4) is 0 Å². The van der Waals surface area contributed by atoms with E-state index in [1.54, 1.807) is 11.0 Å². The molecule has 5 rings (SSSR count). The van der Waals surface area contributed by atoms with Crippen LogP contribution >= 0.6 is 0 Å². The van der Waals surface area contributed by atoms with Gasteiger partial charge in [0.1, 0.15) is 11.7 Å². The molecule has 2 amide bonds. The Morgan fingerprint density at radius 1 is 1.19 bits per heavy atom. The molecule has 7 nitrogen and oxygen atoms in total. The van der Waals surface area contributed by atoms with E-state index in [0.717, 1.165) is 17.7 Å². The number of ether oxygens (including phenoxy) is 1. The highest BCUT2D eigenvalue weighted by atomic mass is 19.3. The lowest BCUT2D eigenvalue weighted by Crippen LogP contribution is -2.44. The lowest BCUT2D eigenvalue weighted by Gasteiger charge is -2.24. The van der Waals surface area contributed by atoms with Crippen molar-refractivity contribution < 1.29 is 31.9 Å². The van der Waals surface area contributed by atoms with Crippen molar-refractivity contribution in [1.82, 2.24) is 9.88 Å². The third kappa shape index (κ3) is 3.65. The van der Waals surface area contributed by atoms with Crippen LogP contribution in [0.5, 0.6) is 5.88 Å². The van der Waals surface area contributed by atoms with E-state index in [2.05, 4.69) is 4.98 Å². The van der Waals surface area contributed by atoms with Crippen LogP contribution in [0, 0.1) is 11.3 Å². The minimum atomic E-state index is -3.22. The van der Waals surface area contributed by atoms with Crippen LogP contribution in [0.15, 0.2) is 12.1 Å². The van der Waals surface area contributed by atoms with Crippen molar-refractivity contribution in [3.63, 3.8) is 0 Å². The molecule has 0 aromatic carbocycles. The molecule has 0 bridgehead atoms. The summed E-state index contributed by atoms with van der Waals surface area (Å²) in [6, 6.07) is 1.48. The molecule has 1 spiro atoms. The van der Waals surface area contributed by atoms with Gasteiger partial charge in [-0.3, -0.25) is 9.59 Å². The van der Waals surface area contributed by atoms with Gasteiger partial charge in [-0.1, -0.05) is 0 Å². The number of alkyl halides is 4. The second-order valence-electron chi connectivity index (χ2n) is 9.52. The first-order valence-corrected chi connectivity index (χ1v) is 10.8. The van der Waals surface area contributed by atoms with Gasteiger partial charge in [0.2, 0.25) is 11.8 Å². The fourth-order valence-corrected chi connectivity index (χ4v) is 4.71. The lowest BCUT2D eigenvalue weighted by atomic mass is 10.1. The molecule has 2 saturated heterocycles. The molecular weight excluding hydrogens is 432 g/mol. The van der Waals surface area contributed by atoms with Crippen molar-refractivity contribution in [3.05, 3.63) is 17.8 Å². The molecule has 2 aliphatic carbocycles. The summed E-state index contributed by atoms with van der Waals surface area (Å²) in [5, 5.41) is 0. The van der Waals surface area contributed by atoms with Gasteiger partial charge < -0.3 is 20.3 Å². The number of primary amides is 1. The molecule has 2 atom stereocenters. The summed E-state index contributed by atoms with van der Waals surface area (Å²) < 4.78 is 61.2. The molecule has 2 saturated carbocycles. The molecule has 2 N–H and O–H groups in total. The Balaban J connectivity index is 1.41. The first-order valence-electron chi connectivity index (χ1n) is 10.8. The Morgan fingerprint density at radius 2 is 1.91 bits per heavy atom. The predicted octanol–water partition coefficient (Wildman–Crippen LogP) is 2.44. The lowest BCUT2D eigenvalue weighted by molar-refractivity contribution is -0.121. The molecule has 0 radical (unpaired) electrons. The number of carbonyl (C=O) groups is 2. The van der Waals surface area contributed by atoms with Crippen LogP contribution in [-0.2, 0) is 4.79 Å². The number of rotatable bonds is 6. The maximum atomic E-state index is 13.9. The average molecular weight is 456 g/mol. The number of aromatic nitrogens is 1. The monoisotopic (exact) mass is 456 g/mol. The van der Waals surface area contributed by atoms with E-state index in [1.165, 1.54) is 6.07 Å². The maximum Gasteiger partial charge on any atom is 0.273 e. The molecule has 1 aromatic rings. The number of hydrogen-bond donors (Lipinski definition) is 1. The highest BCUT2D eigenvalue weighted by Gasteiger charge is 2.72. The zero-order valence-electron chi connectivity index (χ0n) is 17.3. The molecular formula is C21H24F4N4O3. The summed E-state index contributed by atoms with van der Waals surface area (Å²) in [5.74, 6) is -7.26. The number of halogens is 4. The van der Waals surface area contributed by atoms with E-state index in [1.807, 2.05) is 0 Å². The first kappa shape index (κ1) is 21.3. The van der Waals surface area contributed by atoms with Crippen LogP contribution in [0.4, 0.5) is 23.2 Å². The summed E-state index contributed by atoms with van der Waals surface area (Å²) in [6.45, 7) is 0.0205. The van der Waals surface area contributed by atoms with Gasteiger partial charge in [-0.25, -0.2) is 22.5 Å². The second-order valence-corrected chi connectivity index (χ2v) is 9.52. The number of amides is 2. The van der Waals surface area contributed by atoms with Gasteiger partial charge in [-0.2, -0.15) is 0 Å². The van der Waals surface area contributed by atoms with E-state index in [0.29, 0.717) is 31.2 Å². The number of nitrogens with two attached hydrogens (primary N) is 1. The van der Waals surface area contributed by atoms with E-state index in [9.17, 15) is 27.2 Å². The minimum Gasteiger partial charge on any atom is -0.476 e. The number of nitrogens with zero attached hydrogens (tertiary/aromatic N) is 3. The van der Waals surface area contributed by atoms with E-state index >= 15 is 0 Å². The first-order chi connectivity index (χ1) is 15.0. The topological polar surface area (TPSA) is 88.8 Å². The number of pyridine rings is 1. The van der Waals surface area contributed by atoms with Gasteiger partial charge in [-0.15, -0.1) is 0 Å². The van der Waals surface area contributed by atoms with Crippen LogP contribution < -0.4 is 15.4 Å². The fraction of sp³-hybridized carbons (Fsp3) is 0.667. The van der Waals surface area contributed by atoms with Crippen molar-refractivity contribution in [3.8, 4) is 5.88 Å². The summed E-state index contributed by atoms with van der Waals surface area (Å²) in [4.78, 5) is 31.3. The van der Waals surface area contributed by atoms with Crippen molar-refractivity contribution in [2.75, 3.05) is 31.1 Å². The maximum absolute atomic E-state index is 13.9. The standard InChI is InChI=1S/C21H24F4N4O3/c22-20(23)7-15(16(26)30)29(11-20)18(31)13-3-4-14(17(27-13)32-8-12-1-2-12)28-6-5-19(10-28)9-21(19,24)25/h3-4,12,15H,1-2,5-11H2,(H2,26,30). The summed E-state index contributed by atoms with van der Waals surface area (Å²) >= 11 is 0. The molecule has 1 aromatic heterocycles. The van der Waals surface area contributed by atoms with E-state index in [4.69, 9.17) is 10.5 Å². The molecule has 3 heterocycles. The van der Waals surface area contributed by atoms with Crippen LogP contribution in [0.25, 0.3) is 0 Å². The predicted molar refractivity (Wildman–Crippen MR) is 105 cm³/mol. The summed E-state index contributed by atoms with van der Waals surface area (Å²) in [5.41, 5.74) is 4.54. The average Bonchev–Trinajstić information content (AvgIpc) is 3.53. The fourth-order valence-electron chi connectivity index (χ4n) is 4.71. The van der Waals surface area contributed by atoms with Gasteiger partial charge in [0.25, 0.3) is 17.8 Å². The van der Waals surface area contributed by atoms with E-state index < -0.39 is 48.1 Å². The van der Waals surface area contributed by atoms with Crippen molar-refractivity contribution >= 4 is 17.5 Å². The zero-order chi connectivity index (χ0) is 22.9. The Hall–Kier alpha value is -2.59. The molecule has 2 unspecified atom stereocenters. The minimum absolute atomic E-state index is 0.116. The second kappa shape index (κ2) is 6.95. The molecule has 11 heteroatoms. The Labute approximate surface area is 181 Å². The van der Waals surface area contributed by atoms with E-state index in [-0.39, 0.29) is 24.5 Å². The molecule has 2 aliphatic heterocycles. The zero-order valence-corrected chi connectivity index (χ0v) is 17.3. The molecule has 4 aliphatic rings. The Morgan fingerprint density at radius 3 is 2.50 bits per heavy atom. The van der Waals surface area contributed by atoms with Gasteiger partial charge in [0, 0.05) is 25.9 Å². The van der Waals surface area contributed by atoms with Gasteiger partial charge in [0.05, 0.1) is 24.3 Å². The largest absolute Gasteiger partial charge is 0.476 e. The van der Waals surface area contributed by atoms with Crippen LogP contribution in [-0.4, -0.2) is 65.8 Å². The number of likely N-dealkylation sites (tertiary alicyclic amines) is 1. The van der Waals surface area contributed by atoms with Gasteiger partial charge in [0.15, 0.2) is 0 Å². The van der Waals surface area contributed by atoms with Crippen LogP contribution in [0.1, 0.15) is 42.6 Å². The summed E-state index contributed by atoms with van der Waals surface area (Å²) in [7, 11) is 0. The highest BCUT2D eigenvalue weighted by molar-refractivity contribution is 5.97. The SMILES string of the molecule is NC(=O)C1CC(F)(F)CN1C(=O)c1ccc(N2CCC3(C2)CC3(F)F)c(OCC2CC2)n1. The van der Waals surface area contributed by atoms with Crippen LogP contribution in [0.2, 0.25) is 0 Å². The van der Waals surface area contributed by atoms with Crippen molar-refractivity contribution in [2.45, 2.75) is 50.0 Å². The van der Waals surface area contributed by atoms with Crippen molar-refractivity contribution in [2.24, 2.45) is 17.1 Å². The normalized spacial score (nSPS) is 30.1. The third-order valence-electron chi connectivity index (χ3n) is 6.98. The molecule has 32 heavy (non-hydrogen) atoms. The van der Waals surface area contributed by atoms with Crippen molar-refractivity contribution in [1.29, 1.82) is 0 Å². The highest BCUT2D eigenvalue weighted by Crippen LogP contribution is 2.65. The van der Waals surface area contributed by atoms with Gasteiger partial charge >= 0.3 is 0 Å². The summed E-state index contributed by atoms with van der Waals surface area (Å²) in [6.07, 6.45) is 1.40. The number of hydrogen-bond acceptors (Lipinski definition) is 5. The molecule has 174 valence electrons. The Bertz CT molecular complexity index is 970. The van der Waals surface area contributed by atoms with Gasteiger partial charge in [-0.05, 0) is 37.3 Å². The number of carbonyl (C=O) groups excluding carboxylic acids is 2. The molecule has 4 fully saturated rings. The number of anilines is 1.